The third kappa shape index (κ3) is 7.47. The lowest BCUT2D eigenvalue weighted by Gasteiger charge is -2.25. The highest BCUT2D eigenvalue weighted by molar-refractivity contribution is 7.93. The molecule has 4 aromatic carbocycles. The van der Waals surface area contributed by atoms with Crippen LogP contribution in [0, 0.1) is 0 Å². The molecule has 0 atom stereocenters. The van der Waals surface area contributed by atoms with E-state index < -0.39 is 26.0 Å². The van der Waals surface area contributed by atoms with Crippen molar-refractivity contribution in [1.82, 2.24) is 0 Å². The van der Waals surface area contributed by atoms with Gasteiger partial charge in [0, 0.05) is 24.3 Å². The molecular formula is C33H35ClN4O6S2. The monoisotopic (exact) mass is 682 g/mol. The van der Waals surface area contributed by atoms with Crippen LogP contribution in [0.3, 0.4) is 0 Å². The molecule has 4 rings (SSSR count). The van der Waals surface area contributed by atoms with E-state index in [1.807, 2.05) is 18.7 Å². The van der Waals surface area contributed by atoms with Crippen molar-refractivity contribution in [2.45, 2.75) is 23.6 Å². The minimum atomic E-state index is -4.16. The first-order chi connectivity index (χ1) is 22.0. The number of nitrogens with zero attached hydrogens (tertiary/aromatic N) is 2. The number of carbonyl (C=O) groups excluding carboxylic acids is 1. The molecule has 1 amide bonds. The Morgan fingerprint density at radius 2 is 1.59 bits per heavy atom. The van der Waals surface area contributed by atoms with E-state index in [0.717, 1.165) is 4.31 Å². The number of rotatable bonds is 14. The van der Waals surface area contributed by atoms with Gasteiger partial charge in [-0.2, -0.15) is 0 Å². The molecule has 242 valence electrons. The maximum atomic E-state index is 13.8. The van der Waals surface area contributed by atoms with Crippen molar-refractivity contribution in [2.75, 3.05) is 46.0 Å². The summed E-state index contributed by atoms with van der Waals surface area (Å²) in [5, 5.41) is 2.95. The smallest absolute Gasteiger partial charge is 0.264 e. The molecule has 13 heteroatoms. The SMILES string of the molecule is C=CCN(c1ccccc1Cl)S(=O)(=O)c1cccc(C(=O)Nc2ccc(N(CC)CC)c(S(=O)(=O)Nc3ccccc3OC)c2)c1. The van der Waals surface area contributed by atoms with Crippen molar-refractivity contribution >= 4 is 60.3 Å². The minimum Gasteiger partial charge on any atom is -0.495 e. The van der Waals surface area contributed by atoms with Gasteiger partial charge in [0.15, 0.2) is 0 Å². The van der Waals surface area contributed by atoms with Gasteiger partial charge >= 0.3 is 0 Å². The lowest BCUT2D eigenvalue weighted by atomic mass is 10.2. The number of amides is 1. The summed E-state index contributed by atoms with van der Waals surface area (Å²) < 4.78 is 64.0. The zero-order valence-electron chi connectivity index (χ0n) is 25.6. The molecule has 0 unspecified atom stereocenters. The highest BCUT2D eigenvalue weighted by atomic mass is 35.5. The topological polar surface area (TPSA) is 125 Å². The fourth-order valence-electron chi connectivity index (χ4n) is 4.79. The second kappa shape index (κ2) is 14.7. The fraction of sp³-hybridized carbons (Fsp3) is 0.182. The number of para-hydroxylation sites is 3. The number of anilines is 4. The predicted molar refractivity (Wildman–Crippen MR) is 184 cm³/mol. The zero-order valence-corrected chi connectivity index (χ0v) is 28.0. The van der Waals surface area contributed by atoms with Gasteiger partial charge in [0.25, 0.3) is 26.0 Å². The summed E-state index contributed by atoms with van der Waals surface area (Å²) >= 11 is 6.31. The van der Waals surface area contributed by atoms with Gasteiger partial charge in [-0.25, -0.2) is 16.8 Å². The summed E-state index contributed by atoms with van der Waals surface area (Å²) in [5.74, 6) is -0.294. The average molecular weight is 683 g/mol. The molecule has 0 saturated carbocycles. The van der Waals surface area contributed by atoms with E-state index in [9.17, 15) is 21.6 Å². The molecule has 0 heterocycles. The highest BCUT2D eigenvalue weighted by Gasteiger charge is 2.27. The van der Waals surface area contributed by atoms with Gasteiger partial charge < -0.3 is 15.0 Å². The Hall–Kier alpha value is -4.52. The van der Waals surface area contributed by atoms with Crippen molar-refractivity contribution in [3.8, 4) is 5.75 Å². The van der Waals surface area contributed by atoms with Crippen LogP contribution in [-0.4, -0.2) is 49.5 Å². The van der Waals surface area contributed by atoms with E-state index >= 15 is 0 Å². The Bertz CT molecular complexity index is 1950. The molecule has 10 nitrogen and oxygen atoms in total. The lowest BCUT2D eigenvalue weighted by molar-refractivity contribution is 0.102. The van der Waals surface area contributed by atoms with E-state index in [1.165, 1.54) is 43.5 Å². The van der Waals surface area contributed by atoms with Crippen LogP contribution in [-0.2, 0) is 20.0 Å². The quantitative estimate of drug-likeness (QED) is 0.143. The molecule has 0 aliphatic rings. The van der Waals surface area contributed by atoms with Crippen molar-refractivity contribution in [1.29, 1.82) is 0 Å². The van der Waals surface area contributed by atoms with Crippen LogP contribution >= 0.6 is 11.6 Å². The van der Waals surface area contributed by atoms with Gasteiger partial charge in [0.2, 0.25) is 0 Å². The Labute approximate surface area is 275 Å². The van der Waals surface area contributed by atoms with Crippen LogP contribution in [0.4, 0.5) is 22.7 Å². The first kappa shape index (κ1) is 34.4. The van der Waals surface area contributed by atoms with Crippen molar-refractivity contribution in [3.63, 3.8) is 0 Å². The van der Waals surface area contributed by atoms with Crippen LogP contribution in [0.15, 0.2) is 113 Å². The van der Waals surface area contributed by atoms with Crippen LogP contribution in [0.1, 0.15) is 24.2 Å². The molecule has 0 bridgehead atoms. The molecule has 2 N–H and O–H groups in total. The largest absolute Gasteiger partial charge is 0.495 e. The molecular weight excluding hydrogens is 648 g/mol. The summed E-state index contributed by atoms with van der Waals surface area (Å²) in [5.41, 5.74) is 1.20. The summed E-state index contributed by atoms with van der Waals surface area (Å²) in [6, 6.07) is 23.3. The van der Waals surface area contributed by atoms with Gasteiger partial charge in [-0.3, -0.25) is 13.8 Å². The highest BCUT2D eigenvalue weighted by Crippen LogP contribution is 2.33. The maximum Gasteiger partial charge on any atom is 0.264 e. The van der Waals surface area contributed by atoms with Crippen molar-refractivity contribution in [3.05, 3.63) is 114 Å². The molecule has 0 saturated heterocycles. The van der Waals surface area contributed by atoms with E-state index in [-0.39, 0.29) is 44.0 Å². The summed E-state index contributed by atoms with van der Waals surface area (Å²) in [4.78, 5) is 15.1. The molecule has 4 aromatic rings. The molecule has 0 fully saturated rings. The van der Waals surface area contributed by atoms with Crippen LogP contribution in [0.2, 0.25) is 5.02 Å². The molecule has 0 aliphatic carbocycles. The van der Waals surface area contributed by atoms with Gasteiger partial charge in [-0.1, -0.05) is 48.0 Å². The molecule has 46 heavy (non-hydrogen) atoms. The zero-order chi connectivity index (χ0) is 33.5. The number of ether oxygens (including phenoxy) is 1. The number of benzene rings is 4. The third-order valence-electron chi connectivity index (χ3n) is 7.06. The average Bonchev–Trinajstić information content (AvgIpc) is 3.05. The maximum absolute atomic E-state index is 13.8. The van der Waals surface area contributed by atoms with E-state index in [0.29, 0.717) is 24.5 Å². The second-order valence-corrected chi connectivity index (χ2v) is 13.8. The van der Waals surface area contributed by atoms with Crippen LogP contribution < -0.4 is 24.0 Å². The first-order valence-electron chi connectivity index (χ1n) is 14.3. The summed E-state index contributed by atoms with van der Waals surface area (Å²) in [6.07, 6.45) is 1.44. The number of carbonyl (C=O) groups is 1. The Morgan fingerprint density at radius 1 is 0.891 bits per heavy atom. The number of halogens is 1. The standard InChI is InChI=1S/C33H35ClN4O6S2/c1-5-21-38(29-17-10-8-15-27(29)34)46(42,43)26-14-12-13-24(22-26)33(39)35-25-19-20-30(37(6-2)7-3)32(23-25)45(40,41)36-28-16-9-11-18-31(28)44-4/h5,8-20,22-23,36H,1,6-7,21H2,2-4H3,(H,35,39). The van der Waals surface area contributed by atoms with Gasteiger partial charge in [0.1, 0.15) is 10.6 Å². The minimum absolute atomic E-state index is 0.0446. The first-order valence-corrected chi connectivity index (χ1v) is 17.6. The Balaban J connectivity index is 1.69. The van der Waals surface area contributed by atoms with E-state index in [2.05, 4.69) is 16.6 Å². The van der Waals surface area contributed by atoms with Crippen molar-refractivity contribution < 1.29 is 26.4 Å². The summed E-state index contributed by atoms with van der Waals surface area (Å²) in [7, 11) is -6.88. The second-order valence-electron chi connectivity index (χ2n) is 9.92. The fourth-order valence-corrected chi connectivity index (χ4v) is 7.90. The predicted octanol–water partition coefficient (Wildman–Crippen LogP) is 6.63. The van der Waals surface area contributed by atoms with Gasteiger partial charge in [0.05, 0.1) is 40.6 Å². The van der Waals surface area contributed by atoms with Crippen LogP contribution in [0.25, 0.3) is 0 Å². The lowest BCUT2D eigenvalue weighted by Crippen LogP contribution is -2.31. The number of hydrogen-bond acceptors (Lipinski definition) is 7. The molecule has 0 aromatic heterocycles. The molecule has 0 aliphatic heterocycles. The molecule has 0 radical (unpaired) electrons. The van der Waals surface area contributed by atoms with Gasteiger partial charge in [-0.15, -0.1) is 6.58 Å². The van der Waals surface area contributed by atoms with Crippen LogP contribution in [0.5, 0.6) is 5.75 Å². The number of hydrogen-bond donors (Lipinski definition) is 2. The normalized spacial score (nSPS) is 11.4. The molecule has 0 spiro atoms. The summed E-state index contributed by atoms with van der Waals surface area (Å²) in [6.45, 7) is 8.51. The number of methoxy groups -OCH3 is 1. The number of nitrogens with one attached hydrogen (secondary N) is 2. The van der Waals surface area contributed by atoms with E-state index in [1.54, 1.807) is 60.7 Å². The Kier molecular flexibility index (Phi) is 11.0. The number of sulfonamides is 2. The third-order valence-corrected chi connectivity index (χ3v) is 10.6. The Morgan fingerprint density at radius 3 is 2.26 bits per heavy atom. The van der Waals surface area contributed by atoms with Crippen molar-refractivity contribution in [2.24, 2.45) is 0 Å². The van der Waals surface area contributed by atoms with E-state index in [4.69, 9.17) is 16.3 Å². The van der Waals surface area contributed by atoms with Gasteiger partial charge in [-0.05, 0) is 74.5 Å².